The van der Waals surface area contributed by atoms with E-state index in [0.29, 0.717) is 35.8 Å². The summed E-state index contributed by atoms with van der Waals surface area (Å²) in [5.74, 6) is 3.63. The maximum absolute atomic E-state index is 12.2. The highest BCUT2D eigenvalue weighted by Crippen LogP contribution is 2.43. The van der Waals surface area contributed by atoms with Gasteiger partial charge in [-0.15, -0.1) is 0 Å². The Bertz CT molecular complexity index is 2680. The Hall–Kier alpha value is -5.81. The molecule has 0 saturated carbocycles. The fourth-order valence-corrected chi connectivity index (χ4v) is 16.9. The topological polar surface area (TPSA) is 165 Å². The molecule has 7 saturated heterocycles. The third-order valence-electron chi connectivity index (χ3n) is 20.9. The van der Waals surface area contributed by atoms with Gasteiger partial charge in [0.05, 0.1) is 0 Å². The lowest BCUT2D eigenvalue weighted by Gasteiger charge is -2.56. The highest BCUT2D eigenvalue weighted by atomic mass is 16.2. The van der Waals surface area contributed by atoms with Gasteiger partial charge in [0.2, 0.25) is 41.4 Å². The van der Waals surface area contributed by atoms with Gasteiger partial charge in [0.15, 0.2) is 0 Å². The van der Waals surface area contributed by atoms with E-state index >= 15 is 0 Å². The first-order chi connectivity index (χ1) is 48.4. The summed E-state index contributed by atoms with van der Waals surface area (Å²) in [5.41, 5.74) is -0.420. The lowest BCUT2D eigenvalue weighted by atomic mass is 9.72. The van der Waals surface area contributed by atoms with Gasteiger partial charge < -0.3 is 68.6 Å². The fraction of sp³-hybridized carbons (Fsp3) is 0.769. The van der Waals surface area contributed by atoms with Crippen molar-refractivity contribution in [3.8, 4) is 0 Å². The van der Waals surface area contributed by atoms with Crippen LogP contribution in [0.1, 0.15) is 205 Å². The summed E-state index contributed by atoms with van der Waals surface area (Å²) < 4.78 is 0. The first-order valence-electron chi connectivity index (χ1n) is 38.5. The van der Waals surface area contributed by atoms with Gasteiger partial charge in [0.25, 0.3) is 0 Å². The van der Waals surface area contributed by atoms with Crippen molar-refractivity contribution in [1.82, 2.24) is 68.6 Å². The Labute approximate surface area is 694 Å². The normalized spacial score (nSPS) is 21.1. The second-order valence-electron chi connectivity index (χ2n) is 34.2. The van der Waals surface area contributed by atoms with Crippen molar-refractivity contribution in [3.63, 3.8) is 0 Å². The molecule has 7 rings (SSSR count). The van der Waals surface area contributed by atoms with E-state index in [1.165, 1.54) is 61.8 Å². The Morgan fingerprint density at radius 1 is 0.304 bits per heavy atom. The molecule has 21 heteroatoms. The Kier molecular flexibility index (Phi) is 65.1. The third kappa shape index (κ3) is 43.2. The van der Waals surface area contributed by atoms with Gasteiger partial charge in [0.1, 0.15) is 0 Å². The van der Waals surface area contributed by atoms with E-state index in [0.717, 1.165) is 175 Å². The van der Waals surface area contributed by atoms with Crippen LogP contribution in [0.15, 0.2) is 88.6 Å². The molecule has 7 aliphatic heterocycles. The van der Waals surface area contributed by atoms with Crippen LogP contribution < -0.4 is 0 Å². The predicted octanol–water partition coefficient (Wildman–Crippen LogP) is 14.5. The van der Waals surface area contributed by atoms with E-state index in [9.17, 15) is 33.6 Å². The number of hydrogen-bond donors (Lipinski definition) is 0. The molecule has 7 aliphatic rings. The van der Waals surface area contributed by atoms with Gasteiger partial charge in [-0.05, 0) is 316 Å². The number of likely N-dealkylation sites (N-methyl/N-ethyl adjacent to an activating group) is 2. The number of amides is 7. The van der Waals surface area contributed by atoms with Crippen LogP contribution in [0.5, 0.6) is 0 Å². The monoisotopic (exact) mass is 1590 g/mol. The molecule has 7 amide bonds. The SMILES string of the molecule is C.C.C.C.C.C.C.C.C=CC(=O)N1C(C)(C)CC(CN(C)C)CC1(C)C.C=CC(=O)N1C(C)(C)CCC(CN(C)C)C1(C)C.C=CC(=O)N1CCC(CN(C)C)C1.C=CC(=O)N1CCC(CN(C)C)CC1.C=CC(=O)N1CCCC(CN(C)C)C1.C=CC(=O)N1CCCC1CN(C)C.C=CC(=O)N1CCCCC1CN(C)C. The fourth-order valence-electron chi connectivity index (χ4n) is 16.9. The first kappa shape index (κ1) is 122. The zero-order valence-corrected chi connectivity index (χ0v) is 70.2. The molecular formula is C91H184N14O7. The minimum Gasteiger partial charge on any atom is -0.339 e. The molecular weight excluding hydrogens is 1400 g/mol. The molecule has 0 aromatic carbocycles. The predicted molar refractivity (Wildman–Crippen MR) is 488 cm³/mol. The molecule has 5 unspecified atom stereocenters. The molecule has 5 atom stereocenters. The van der Waals surface area contributed by atoms with Crippen molar-refractivity contribution in [2.75, 3.05) is 197 Å². The van der Waals surface area contributed by atoms with Crippen molar-refractivity contribution in [2.45, 2.75) is 239 Å². The summed E-state index contributed by atoms with van der Waals surface area (Å²) in [6.07, 6.45) is 25.7. The summed E-state index contributed by atoms with van der Waals surface area (Å²) in [4.78, 5) is 110. The van der Waals surface area contributed by atoms with Crippen LogP contribution in [-0.2, 0) is 33.6 Å². The number of carbonyl (C=O) groups excluding carboxylic acids is 7. The van der Waals surface area contributed by atoms with E-state index in [1.54, 1.807) is 0 Å². The van der Waals surface area contributed by atoms with Gasteiger partial charge in [-0.3, -0.25) is 33.6 Å². The van der Waals surface area contributed by atoms with E-state index < -0.39 is 0 Å². The van der Waals surface area contributed by atoms with Gasteiger partial charge in [-0.25, -0.2) is 0 Å². The Balaban J connectivity index is -0.000000186. The number of carbonyl (C=O) groups is 7. The van der Waals surface area contributed by atoms with Crippen LogP contribution in [0.25, 0.3) is 0 Å². The highest BCUT2D eigenvalue weighted by Gasteiger charge is 2.49. The molecule has 660 valence electrons. The second kappa shape index (κ2) is 59.8. The van der Waals surface area contributed by atoms with Gasteiger partial charge in [-0.2, -0.15) is 0 Å². The molecule has 7 fully saturated rings. The first-order valence-corrected chi connectivity index (χ1v) is 38.5. The van der Waals surface area contributed by atoms with Crippen LogP contribution in [0, 0.1) is 29.6 Å². The van der Waals surface area contributed by atoms with E-state index in [2.05, 4.69) is 206 Å². The highest BCUT2D eigenvalue weighted by molar-refractivity contribution is 5.90. The lowest BCUT2D eigenvalue weighted by molar-refractivity contribution is -0.149. The molecule has 112 heavy (non-hydrogen) atoms. The lowest BCUT2D eigenvalue weighted by Crippen LogP contribution is -2.65. The summed E-state index contributed by atoms with van der Waals surface area (Å²) in [7, 11) is 29.1. The summed E-state index contributed by atoms with van der Waals surface area (Å²) in [5, 5.41) is 0. The Morgan fingerprint density at radius 2 is 0.607 bits per heavy atom. The van der Waals surface area contributed by atoms with Gasteiger partial charge >= 0.3 is 0 Å². The van der Waals surface area contributed by atoms with Gasteiger partial charge in [-0.1, -0.05) is 105 Å². The standard InChI is InChI=1S/2C15H28N2O.3C11H20N2O.2C10H18N2O.8CH4/c1-8-13(18)17-14(2,3)9-12(11-16(6)7)10-15(17,4)5;1-8-13(18)17-14(2,3)10-9-12(11-16(6)7)15(17,4)5;1-4-11(14)13-7-5-10(6-8-13)9-12(2)3;1-4-11(14)13-7-5-6-10(9-13)8-12(2)3;1-4-11(14)13-8-6-5-7-10(13)9-12(2)3;1-4-10(13)12-6-5-9(8-12)7-11(2)3;1-4-10(13)12-7-5-6-9(12)8-11(2)3;;;;;;;;/h2*8,12H,1,9-11H2,2-7H3;3*4,10H,1,5-9H2,2-3H3;2*4,9H,1,5-8H2,2-3H3;8*1H4. The number of nitrogens with zero attached hydrogens (tertiary/aromatic N) is 14. The van der Waals surface area contributed by atoms with Crippen molar-refractivity contribution >= 4 is 41.4 Å². The van der Waals surface area contributed by atoms with Crippen LogP contribution in [0.2, 0.25) is 0 Å². The van der Waals surface area contributed by atoms with Crippen molar-refractivity contribution in [1.29, 1.82) is 0 Å². The maximum atomic E-state index is 12.2. The summed E-state index contributed by atoms with van der Waals surface area (Å²) >= 11 is 0. The summed E-state index contributed by atoms with van der Waals surface area (Å²) in [6.45, 7) is 56.6. The third-order valence-corrected chi connectivity index (χ3v) is 20.9. The van der Waals surface area contributed by atoms with Crippen molar-refractivity contribution in [3.05, 3.63) is 88.6 Å². The molecule has 0 aliphatic carbocycles. The number of piperidine rings is 5. The van der Waals surface area contributed by atoms with Crippen molar-refractivity contribution < 1.29 is 33.6 Å². The van der Waals surface area contributed by atoms with E-state index in [-0.39, 0.29) is 123 Å². The minimum atomic E-state index is -0.128. The van der Waals surface area contributed by atoms with Crippen LogP contribution in [0.4, 0.5) is 0 Å². The van der Waals surface area contributed by atoms with E-state index in [4.69, 9.17) is 0 Å². The number of hydrogen-bond acceptors (Lipinski definition) is 14. The largest absolute Gasteiger partial charge is 0.339 e. The van der Waals surface area contributed by atoms with Crippen molar-refractivity contribution in [2.24, 2.45) is 29.6 Å². The summed E-state index contributed by atoms with van der Waals surface area (Å²) in [6, 6.07) is 0.768. The number of likely N-dealkylation sites (tertiary alicyclic amines) is 7. The second-order valence-corrected chi connectivity index (χ2v) is 34.2. The molecule has 0 N–H and O–H groups in total. The average Bonchev–Trinajstić information content (AvgIpc) is 1.18. The molecule has 0 spiro atoms. The molecule has 7 heterocycles. The molecule has 21 nitrogen and oxygen atoms in total. The molecule has 0 aromatic heterocycles. The zero-order chi connectivity index (χ0) is 79.6. The van der Waals surface area contributed by atoms with Gasteiger partial charge in [0, 0.05) is 132 Å². The number of rotatable bonds is 21. The van der Waals surface area contributed by atoms with E-state index in [1.807, 2.05) is 62.5 Å². The zero-order valence-electron chi connectivity index (χ0n) is 70.2. The van der Waals surface area contributed by atoms with Crippen LogP contribution in [0.3, 0.4) is 0 Å². The Morgan fingerprint density at radius 3 is 0.991 bits per heavy atom. The molecule has 0 aromatic rings. The molecule has 0 radical (unpaired) electrons. The maximum Gasteiger partial charge on any atom is 0.246 e. The molecule has 0 bridgehead atoms. The minimum absolute atomic E-state index is 0. The quantitative estimate of drug-likeness (QED) is 0.0997. The van der Waals surface area contributed by atoms with Crippen LogP contribution in [-0.4, -0.2) is 341 Å². The average molecular weight is 1590 g/mol. The van der Waals surface area contributed by atoms with Crippen LogP contribution >= 0.6 is 0 Å². The smallest absolute Gasteiger partial charge is 0.246 e.